The first-order valence-electron chi connectivity index (χ1n) is 6.63. The lowest BCUT2D eigenvalue weighted by Gasteiger charge is -2.22. The highest BCUT2D eigenvalue weighted by atomic mass is 14.7. The lowest BCUT2D eigenvalue weighted by molar-refractivity contribution is 0.447. The van der Waals surface area contributed by atoms with E-state index in [1.807, 2.05) is 0 Å². The van der Waals surface area contributed by atoms with Gasteiger partial charge in [-0.15, -0.1) is 0 Å². The molecule has 1 aromatic heterocycles. The van der Waals surface area contributed by atoms with E-state index in [0.717, 1.165) is 5.59 Å². The number of fused-ring (bicyclic) bond motifs is 1. The molecule has 0 saturated heterocycles. The molecule has 1 aliphatic carbocycles. The second-order valence-corrected chi connectivity index (χ2v) is 5.34. The van der Waals surface area contributed by atoms with Crippen molar-refractivity contribution in [2.24, 2.45) is 0 Å². The molecule has 0 unspecified atom stereocenters. The summed E-state index contributed by atoms with van der Waals surface area (Å²) in [5.74, 6) is 0.667. The van der Waals surface area contributed by atoms with Gasteiger partial charge in [0.15, 0.2) is 0 Å². The summed E-state index contributed by atoms with van der Waals surface area (Å²) in [6.07, 6.45) is 6.68. The summed E-state index contributed by atoms with van der Waals surface area (Å²) in [7, 11) is 6.18. The topological polar surface area (TPSA) is 15.8 Å². The molecule has 2 aromatic rings. The zero-order valence-electron chi connectivity index (χ0n) is 10.4. The summed E-state index contributed by atoms with van der Waals surface area (Å²) in [4.78, 5) is 3.34. The molecule has 1 aliphatic rings. The Bertz CT molecular complexity index is 535. The van der Waals surface area contributed by atoms with Gasteiger partial charge in [-0.1, -0.05) is 31.4 Å². The summed E-state index contributed by atoms with van der Waals surface area (Å²) in [5.41, 5.74) is 4.74. The van der Waals surface area contributed by atoms with Crippen LogP contribution in [-0.4, -0.2) is 12.8 Å². The number of hydrogen-bond acceptors (Lipinski definition) is 0. The molecule has 1 aromatic carbocycles. The summed E-state index contributed by atoms with van der Waals surface area (Å²) >= 11 is 0. The van der Waals surface area contributed by atoms with Gasteiger partial charge in [0.25, 0.3) is 0 Å². The Labute approximate surface area is 104 Å². The molecule has 2 radical (unpaired) electrons. The van der Waals surface area contributed by atoms with E-state index in [1.54, 1.807) is 0 Å². The second kappa shape index (κ2) is 4.25. The molecule has 1 heterocycles. The van der Waals surface area contributed by atoms with Gasteiger partial charge in [0.2, 0.25) is 0 Å². The molecule has 0 aliphatic heterocycles. The zero-order chi connectivity index (χ0) is 11.8. The lowest BCUT2D eigenvalue weighted by atomic mass is 9.80. The van der Waals surface area contributed by atoms with Crippen LogP contribution >= 0.6 is 0 Å². The highest BCUT2D eigenvalue weighted by Crippen LogP contribution is 2.35. The number of nitrogens with one attached hydrogen (secondary N) is 1. The smallest absolute Gasteiger partial charge is 0.138 e. The predicted octanol–water partition coefficient (Wildman–Crippen LogP) is 3.32. The van der Waals surface area contributed by atoms with Crippen LogP contribution in [0.1, 0.15) is 49.1 Å². The number of aromatic amines is 1. The SMILES string of the molecule is [B]c1[nH]c2cc(C)ccc2c1C1CCCCC1. The van der Waals surface area contributed by atoms with E-state index < -0.39 is 0 Å². The molecular formula is C15H18BN. The molecule has 0 amide bonds. The Morgan fingerprint density at radius 1 is 1.18 bits per heavy atom. The van der Waals surface area contributed by atoms with E-state index >= 15 is 0 Å². The first-order valence-corrected chi connectivity index (χ1v) is 6.63. The normalized spacial score (nSPS) is 17.7. The minimum Gasteiger partial charge on any atom is -0.368 e. The fourth-order valence-electron chi connectivity index (χ4n) is 3.18. The minimum absolute atomic E-state index is 0.667. The number of hydrogen-bond donors (Lipinski definition) is 1. The van der Waals surface area contributed by atoms with Gasteiger partial charge in [-0.2, -0.15) is 0 Å². The van der Waals surface area contributed by atoms with Crippen molar-refractivity contribution in [3.05, 3.63) is 29.3 Å². The standard InChI is InChI=1S/C15H18BN/c1-10-7-8-12-13(9-10)17-15(16)14(12)11-5-3-2-4-6-11/h7-9,11,17H,2-6H2,1H3. The van der Waals surface area contributed by atoms with Crippen LogP contribution in [0, 0.1) is 6.92 Å². The van der Waals surface area contributed by atoms with E-state index in [1.165, 1.54) is 54.1 Å². The summed E-state index contributed by atoms with van der Waals surface area (Å²) < 4.78 is 0. The van der Waals surface area contributed by atoms with Crippen molar-refractivity contribution < 1.29 is 0 Å². The van der Waals surface area contributed by atoms with Crippen LogP contribution in [0.5, 0.6) is 0 Å². The zero-order valence-corrected chi connectivity index (χ0v) is 10.4. The Hall–Kier alpha value is -1.18. The summed E-state index contributed by atoms with van der Waals surface area (Å²) in [6.45, 7) is 2.12. The largest absolute Gasteiger partial charge is 0.368 e. The first-order chi connectivity index (χ1) is 8.25. The summed E-state index contributed by atoms with van der Waals surface area (Å²) in [6, 6.07) is 6.60. The van der Waals surface area contributed by atoms with Gasteiger partial charge < -0.3 is 4.98 Å². The van der Waals surface area contributed by atoms with Crippen molar-refractivity contribution in [1.29, 1.82) is 0 Å². The average molecular weight is 223 g/mol. The monoisotopic (exact) mass is 223 g/mol. The first kappa shape index (κ1) is 10.9. The van der Waals surface area contributed by atoms with E-state index in [4.69, 9.17) is 7.85 Å². The summed E-state index contributed by atoms with van der Waals surface area (Å²) in [5, 5.41) is 1.33. The van der Waals surface area contributed by atoms with Crippen LogP contribution < -0.4 is 5.59 Å². The van der Waals surface area contributed by atoms with E-state index in [-0.39, 0.29) is 0 Å². The minimum atomic E-state index is 0.667. The van der Waals surface area contributed by atoms with Crippen LogP contribution in [0.3, 0.4) is 0 Å². The van der Waals surface area contributed by atoms with Crippen molar-refractivity contribution in [2.75, 3.05) is 0 Å². The third-order valence-corrected chi connectivity index (χ3v) is 4.04. The molecule has 2 heteroatoms. The lowest BCUT2D eigenvalue weighted by Crippen LogP contribution is -2.15. The number of aryl methyl sites for hydroxylation is 1. The number of rotatable bonds is 1. The van der Waals surface area contributed by atoms with Gasteiger partial charge in [0.05, 0.1) is 0 Å². The van der Waals surface area contributed by atoms with Crippen LogP contribution in [0.25, 0.3) is 10.9 Å². The van der Waals surface area contributed by atoms with Gasteiger partial charge >= 0.3 is 0 Å². The maximum atomic E-state index is 6.18. The van der Waals surface area contributed by atoms with Crippen molar-refractivity contribution in [1.82, 2.24) is 4.98 Å². The molecule has 17 heavy (non-hydrogen) atoms. The van der Waals surface area contributed by atoms with Crippen molar-refractivity contribution in [3.63, 3.8) is 0 Å². The van der Waals surface area contributed by atoms with E-state index in [9.17, 15) is 0 Å². The van der Waals surface area contributed by atoms with E-state index in [0.29, 0.717) is 5.92 Å². The molecule has 1 fully saturated rings. The molecule has 0 bridgehead atoms. The van der Waals surface area contributed by atoms with E-state index in [2.05, 4.69) is 30.1 Å². The molecule has 0 spiro atoms. The number of H-pyrrole nitrogens is 1. The Morgan fingerprint density at radius 2 is 1.94 bits per heavy atom. The highest BCUT2D eigenvalue weighted by molar-refractivity contribution is 6.33. The van der Waals surface area contributed by atoms with Crippen LogP contribution in [0.2, 0.25) is 0 Å². The van der Waals surface area contributed by atoms with Crippen LogP contribution in [0.15, 0.2) is 18.2 Å². The molecule has 1 nitrogen and oxygen atoms in total. The van der Waals surface area contributed by atoms with Gasteiger partial charge in [-0.25, -0.2) is 0 Å². The van der Waals surface area contributed by atoms with Crippen molar-refractivity contribution >= 4 is 24.3 Å². The average Bonchev–Trinajstić information content (AvgIpc) is 2.65. The van der Waals surface area contributed by atoms with Gasteiger partial charge in [-0.3, -0.25) is 0 Å². The van der Waals surface area contributed by atoms with Gasteiger partial charge in [0.1, 0.15) is 7.85 Å². The maximum Gasteiger partial charge on any atom is 0.138 e. The molecule has 0 atom stereocenters. The number of aromatic nitrogens is 1. The quantitative estimate of drug-likeness (QED) is 0.714. The number of benzene rings is 1. The Morgan fingerprint density at radius 3 is 2.71 bits per heavy atom. The highest BCUT2D eigenvalue weighted by Gasteiger charge is 2.20. The fraction of sp³-hybridized carbons (Fsp3) is 0.467. The van der Waals surface area contributed by atoms with Crippen LogP contribution in [-0.2, 0) is 0 Å². The molecule has 1 saturated carbocycles. The molecule has 3 rings (SSSR count). The van der Waals surface area contributed by atoms with Crippen LogP contribution in [0.4, 0.5) is 0 Å². The third-order valence-electron chi connectivity index (χ3n) is 4.04. The predicted molar refractivity (Wildman–Crippen MR) is 74.2 cm³/mol. The van der Waals surface area contributed by atoms with Crippen molar-refractivity contribution in [2.45, 2.75) is 44.9 Å². The van der Waals surface area contributed by atoms with Crippen molar-refractivity contribution in [3.8, 4) is 0 Å². The fourth-order valence-corrected chi connectivity index (χ4v) is 3.18. The molecule has 86 valence electrons. The third kappa shape index (κ3) is 1.90. The second-order valence-electron chi connectivity index (χ2n) is 5.34. The Balaban J connectivity index is 2.11. The molecule has 1 N–H and O–H groups in total. The van der Waals surface area contributed by atoms with Gasteiger partial charge in [-0.05, 0) is 48.5 Å². The Kier molecular flexibility index (Phi) is 2.74. The van der Waals surface area contributed by atoms with Gasteiger partial charge in [0, 0.05) is 10.9 Å². The maximum absolute atomic E-state index is 6.18. The molecular weight excluding hydrogens is 205 g/mol.